The standard InChI is InChI=1S/C11H12BrClF2N2O2.ClH/c12-7-1-2-9(8(13)3-7)19-4-10(18)17-6-11(14,15)5-16;/h1-3H,4-6,16H2,(H,17,18);1H. The monoisotopic (exact) mass is 392 g/mol. The Bertz CT molecular complexity index is 464. The third-order valence-corrected chi connectivity index (χ3v) is 2.88. The highest BCUT2D eigenvalue weighted by Gasteiger charge is 2.27. The molecule has 4 nitrogen and oxygen atoms in total. The molecule has 1 aromatic carbocycles. The van der Waals surface area contributed by atoms with Crippen LogP contribution in [0.5, 0.6) is 5.75 Å². The Balaban J connectivity index is 0.00000361. The number of carbonyl (C=O) groups is 1. The molecule has 0 aromatic heterocycles. The molecule has 1 aromatic rings. The Morgan fingerprint density at radius 1 is 1.50 bits per heavy atom. The SMILES string of the molecule is Cl.NCC(F)(F)CNC(=O)COc1ccc(Br)cc1Cl. The lowest BCUT2D eigenvalue weighted by molar-refractivity contribution is -0.124. The van der Waals surface area contributed by atoms with Crippen molar-refractivity contribution in [2.24, 2.45) is 5.73 Å². The van der Waals surface area contributed by atoms with Crippen LogP contribution in [-0.2, 0) is 4.79 Å². The molecule has 0 heterocycles. The largest absolute Gasteiger partial charge is 0.482 e. The normalized spacial score (nSPS) is 10.7. The maximum absolute atomic E-state index is 12.8. The predicted octanol–water partition coefficient (Wildman–Crippen LogP) is 2.61. The van der Waals surface area contributed by atoms with Gasteiger partial charge in [0.2, 0.25) is 0 Å². The van der Waals surface area contributed by atoms with Crippen molar-refractivity contribution in [1.82, 2.24) is 5.32 Å². The summed E-state index contributed by atoms with van der Waals surface area (Å²) in [4.78, 5) is 11.3. The van der Waals surface area contributed by atoms with Crippen LogP contribution in [0.25, 0.3) is 0 Å². The molecule has 20 heavy (non-hydrogen) atoms. The molecule has 0 saturated heterocycles. The van der Waals surface area contributed by atoms with Gasteiger partial charge in [-0.15, -0.1) is 12.4 Å². The van der Waals surface area contributed by atoms with Crippen molar-refractivity contribution in [3.05, 3.63) is 27.7 Å². The average molecular weight is 394 g/mol. The minimum Gasteiger partial charge on any atom is -0.482 e. The van der Waals surface area contributed by atoms with Gasteiger partial charge in [0.25, 0.3) is 11.8 Å². The second kappa shape index (κ2) is 8.61. The topological polar surface area (TPSA) is 64.3 Å². The van der Waals surface area contributed by atoms with Crippen LogP contribution in [0.2, 0.25) is 5.02 Å². The van der Waals surface area contributed by atoms with E-state index >= 15 is 0 Å². The summed E-state index contributed by atoms with van der Waals surface area (Å²) >= 11 is 9.08. The molecule has 1 amide bonds. The van der Waals surface area contributed by atoms with E-state index < -0.39 is 31.5 Å². The number of rotatable bonds is 6. The van der Waals surface area contributed by atoms with Gasteiger partial charge in [-0.3, -0.25) is 4.79 Å². The van der Waals surface area contributed by atoms with Crippen molar-refractivity contribution in [1.29, 1.82) is 0 Å². The minimum absolute atomic E-state index is 0. The van der Waals surface area contributed by atoms with Crippen LogP contribution in [0, 0.1) is 0 Å². The number of carbonyl (C=O) groups excluding carboxylic acids is 1. The zero-order chi connectivity index (χ0) is 14.5. The van der Waals surface area contributed by atoms with Crippen LogP contribution in [0.1, 0.15) is 0 Å². The molecule has 1 rings (SSSR count). The lowest BCUT2D eigenvalue weighted by Crippen LogP contribution is -2.43. The van der Waals surface area contributed by atoms with Crippen LogP contribution in [-0.4, -0.2) is 31.5 Å². The number of nitrogens with two attached hydrogens (primary N) is 1. The Kier molecular flexibility index (Phi) is 8.34. The Morgan fingerprint density at radius 2 is 2.15 bits per heavy atom. The number of alkyl halides is 2. The fourth-order valence-corrected chi connectivity index (χ4v) is 1.81. The van der Waals surface area contributed by atoms with Gasteiger partial charge < -0.3 is 15.8 Å². The van der Waals surface area contributed by atoms with E-state index in [1.807, 2.05) is 5.32 Å². The van der Waals surface area contributed by atoms with Crippen molar-refractivity contribution in [2.75, 3.05) is 19.7 Å². The highest BCUT2D eigenvalue weighted by molar-refractivity contribution is 9.10. The number of hydrogen-bond acceptors (Lipinski definition) is 3. The van der Waals surface area contributed by atoms with Crippen molar-refractivity contribution in [3.63, 3.8) is 0 Å². The van der Waals surface area contributed by atoms with E-state index in [9.17, 15) is 13.6 Å². The Morgan fingerprint density at radius 3 is 2.70 bits per heavy atom. The number of amides is 1. The fourth-order valence-electron chi connectivity index (χ4n) is 1.09. The molecule has 0 unspecified atom stereocenters. The molecular formula is C11H13BrCl2F2N2O2. The summed E-state index contributed by atoms with van der Waals surface area (Å²) in [6.45, 7) is -2.05. The molecule has 0 radical (unpaired) electrons. The van der Waals surface area contributed by atoms with Crippen LogP contribution >= 0.6 is 39.9 Å². The smallest absolute Gasteiger partial charge is 0.277 e. The van der Waals surface area contributed by atoms with Gasteiger partial charge in [-0.2, -0.15) is 0 Å². The summed E-state index contributed by atoms with van der Waals surface area (Å²) in [7, 11) is 0. The minimum atomic E-state index is -3.12. The number of nitrogens with one attached hydrogen (secondary N) is 1. The second-order valence-electron chi connectivity index (χ2n) is 3.70. The summed E-state index contributed by atoms with van der Waals surface area (Å²) in [6.07, 6.45) is 0. The van der Waals surface area contributed by atoms with E-state index in [0.29, 0.717) is 10.8 Å². The molecule has 0 atom stereocenters. The summed E-state index contributed by atoms with van der Waals surface area (Å²) in [5, 5.41) is 2.34. The fraction of sp³-hybridized carbons (Fsp3) is 0.364. The first-order chi connectivity index (χ1) is 8.84. The van der Waals surface area contributed by atoms with Gasteiger partial charge in [0.1, 0.15) is 5.75 Å². The van der Waals surface area contributed by atoms with Gasteiger partial charge in [-0.1, -0.05) is 27.5 Å². The molecule has 0 bridgehead atoms. The molecule has 0 aliphatic carbocycles. The number of halogens is 5. The van der Waals surface area contributed by atoms with E-state index in [-0.39, 0.29) is 12.4 Å². The number of benzene rings is 1. The average Bonchev–Trinajstić information content (AvgIpc) is 2.35. The third kappa shape index (κ3) is 6.69. The van der Waals surface area contributed by atoms with Crippen LogP contribution in [0.4, 0.5) is 8.78 Å². The first kappa shape index (κ1) is 19.4. The van der Waals surface area contributed by atoms with E-state index in [1.165, 1.54) is 0 Å². The predicted molar refractivity (Wildman–Crippen MR) is 78.9 cm³/mol. The number of ether oxygens (including phenoxy) is 1. The van der Waals surface area contributed by atoms with Crippen molar-refractivity contribution in [3.8, 4) is 5.75 Å². The second-order valence-corrected chi connectivity index (χ2v) is 5.02. The molecule has 0 aliphatic rings. The molecule has 9 heteroatoms. The molecule has 114 valence electrons. The van der Waals surface area contributed by atoms with Gasteiger partial charge in [0, 0.05) is 4.47 Å². The maximum atomic E-state index is 12.8. The molecular weight excluding hydrogens is 381 g/mol. The van der Waals surface area contributed by atoms with E-state index in [4.69, 9.17) is 22.1 Å². The van der Waals surface area contributed by atoms with Gasteiger partial charge in [0.05, 0.1) is 18.1 Å². The first-order valence-electron chi connectivity index (χ1n) is 5.26. The zero-order valence-corrected chi connectivity index (χ0v) is 13.3. The summed E-state index contributed by atoms with van der Waals surface area (Å²) < 4.78 is 31.4. The quantitative estimate of drug-likeness (QED) is 0.780. The first-order valence-corrected chi connectivity index (χ1v) is 6.43. The van der Waals surface area contributed by atoms with Gasteiger partial charge in [-0.05, 0) is 18.2 Å². The van der Waals surface area contributed by atoms with Crippen LogP contribution in [0.3, 0.4) is 0 Å². The van der Waals surface area contributed by atoms with Crippen molar-refractivity contribution in [2.45, 2.75) is 5.92 Å². The van der Waals surface area contributed by atoms with Gasteiger partial charge in [0.15, 0.2) is 6.61 Å². The van der Waals surface area contributed by atoms with Crippen molar-refractivity contribution < 1.29 is 18.3 Å². The van der Waals surface area contributed by atoms with Crippen LogP contribution in [0.15, 0.2) is 22.7 Å². The summed E-state index contributed by atoms with van der Waals surface area (Å²) in [6, 6.07) is 4.84. The van der Waals surface area contributed by atoms with E-state index in [1.54, 1.807) is 18.2 Å². The molecule has 0 aliphatic heterocycles. The molecule has 0 fully saturated rings. The highest BCUT2D eigenvalue weighted by atomic mass is 79.9. The van der Waals surface area contributed by atoms with Gasteiger partial charge in [-0.25, -0.2) is 8.78 Å². The van der Waals surface area contributed by atoms with Crippen molar-refractivity contribution >= 4 is 45.8 Å². The molecule has 0 spiro atoms. The summed E-state index contributed by atoms with van der Waals surface area (Å²) in [5.74, 6) is -3.50. The number of hydrogen-bond donors (Lipinski definition) is 2. The van der Waals surface area contributed by atoms with E-state index in [0.717, 1.165) is 4.47 Å². The van der Waals surface area contributed by atoms with E-state index in [2.05, 4.69) is 15.9 Å². The third-order valence-electron chi connectivity index (χ3n) is 2.10. The lowest BCUT2D eigenvalue weighted by Gasteiger charge is -2.14. The van der Waals surface area contributed by atoms with Crippen LogP contribution < -0.4 is 15.8 Å². The summed E-state index contributed by atoms with van der Waals surface area (Å²) in [5.41, 5.74) is 4.84. The molecule has 3 N–H and O–H groups in total. The highest BCUT2D eigenvalue weighted by Crippen LogP contribution is 2.27. The Hall–Kier alpha value is -0.630. The Labute approximate surface area is 134 Å². The zero-order valence-electron chi connectivity index (χ0n) is 10.2. The van der Waals surface area contributed by atoms with Gasteiger partial charge >= 0.3 is 0 Å². The maximum Gasteiger partial charge on any atom is 0.277 e. The lowest BCUT2D eigenvalue weighted by atomic mass is 10.3. The molecule has 0 saturated carbocycles.